The second kappa shape index (κ2) is 6.24. The third-order valence-electron chi connectivity index (χ3n) is 10.0. The third kappa shape index (κ3) is 2.83. The predicted molar refractivity (Wildman–Crippen MR) is 108 cm³/mol. The molecule has 8 atom stereocenters. The minimum absolute atomic E-state index is 0.407. The minimum atomic E-state index is -0.697. The van der Waals surface area contributed by atoms with E-state index in [1.54, 1.807) is 0 Å². The predicted octanol–water partition coefficient (Wildman–Crippen LogP) is 5.19. The van der Waals surface area contributed by atoms with Crippen molar-refractivity contribution in [1.29, 1.82) is 0 Å². The van der Waals surface area contributed by atoms with Crippen LogP contribution in [0.1, 0.15) is 84.5 Å². The Morgan fingerprint density at radius 1 is 0.852 bits per heavy atom. The summed E-state index contributed by atoms with van der Waals surface area (Å²) in [7, 11) is 1.92. The normalized spacial score (nSPS) is 54.3. The van der Waals surface area contributed by atoms with Gasteiger partial charge in [0.25, 0.3) is 0 Å². The molecule has 0 spiro atoms. The van der Waals surface area contributed by atoms with Gasteiger partial charge in [-0.3, -0.25) is 0 Å². The molecule has 5 aliphatic carbocycles. The Hall–Kier alpha value is -0.520. The molecular formula is C25H38O2. The molecule has 0 aliphatic heterocycles. The average molecular weight is 371 g/mol. The highest BCUT2D eigenvalue weighted by molar-refractivity contribution is 5.22. The Morgan fingerprint density at radius 3 is 2.37 bits per heavy atom. The number of ether oxygens (including phenoxy) is 1. The summed E-state index contributed by atoms with van der Waals surface area (Å²) in [4.78, 5) is 0. The fraction of sp³-hybridized carbons (Fsp3) is 0.920. The van der Waals surface area contributed by atoms with Crippen molar-refractivity contribution >= 4 is 0 Å². The third-order valence-corrected chi connectivity index (χ3v) is 10.0. The molecule has 150 valence electrons. The smallest absolute Gasteiger partial charge is 0.125 e. The van der Waals surface area contributed by atoms with Crippen LogP contribution in [0.2, 0.25) is 0 Å². The first-order valence-electron chi connectivity index (χ1n) is 11.7. The number of hydrogen-bond donors (Lipinski definition) is 1. The van der Waals surface area contributed by atoms with Gasteiger partial charge >= 0.3 is 0 Å². The molecule has 5 rings (SSSR count). The lowest BCUT2D eigenvalue weighted by Crippen LogP contribution is -2.56. The van der Waals surface area contributed by atoms with Gasteiger partial charge in [-0.1, -0.05) is 25.7 Å². The van der Waals surface area contributed by atoms with Crippen molar-refractivity contribution in [1.82, 2.24) is 0 Å². The van der Waals surface area contributed by atoms with Crippen molar-refractivity contribution in [2.24, 2.45) is 40.4 Å². The van der Waals surface area contributed by atoms with Gasteiger partial charge in [0.1, 0.15) is 5.60 Å². The Morgan fingerprint density at radius 2 is 1.63 bits per heavy atom. The van der Waals surface area contributed by atoms with Crippen LogP contribution in [-0.4, -0.2) is 23.9 Å². The molecule has 0 saturated heterocycles. The monoisotopic (exact) mass is 370 g/mol. The highest BCUT2D eigenvalue weighted by atomic mass is 16.5. The number of methoxy groups -OCH3 is 1. The van der Waals surface area contributed by atoms with E-state index in [1.165, 1.54) is 57.8 Å². The molecular weight excluding hydrogens is 332 g/mol. The second-order valence-electron chi connectivity index (χ2n) is 11.3. The van der Waals surface area contributed by atoms with Gasteiger partial charge in [-0.15, -0.1) is 0 Å². The molecule has 2 heteroatoms. The van der Waals surface area contributed by atoms with Crippen LogP contribution in [0, 0.1) is 52.3 Å². The van der Waals surface area contributed by atoms with Gasteiger partial charge in [-0.25, -0.2) is 0 Å². The first-order valence-corrected chi connectivity index (χ1v) is 11.7. The van der Waals surface area contributed by atoms with Crippen molar-refractivity contribution in [2.75, 3.05) is 7.11 Å². The Bertz CT molecular complexity index is 657. The number of fused-ring (bicyclic) bond motifs is 5. The zero-order valence-electron chi connectivity index (χ0n) is 17.6. The number of hydrogen-bond acceptors (Lipinski definition) is 2. The molecule has 2 nitrogen and oxygen atoms in total. The van der Waals surface area contributed by atoms with Crippen LogP contribution >= 0.6 is 0 Å². The molecule has 5 fully saturated rings. The average Bonchev–Trinajstić information content (AvgIpc) is 3.41. The highest BCUT2D eigenvalue weighted by Crippen LogP contribution is 2.67. The molecule has 5 aliphatic rings. The van der Waals surface area contributed by atoms with E-state index >= 15 is 0 Å². The molecule has 0 aromatic carbocycles. The Balaban J connectivity index is 1.36. The summed E-state index contributed by atoms with van der Waals surface area (Å²) >= 11 is 0. The molecule has 1 unspecified atom stereocenters. The maximum Gasteiger partial charge on any atom is 0.125 e. The van der Waals surface area contributed by atoms with E-state index in [-0.39, 0.29) is 0 Å². The van der Waals surface area contributed by atoms with Crippen LogP contribution in [-0.2, 0) is 4.74 Å². The molecule has 0 heterocycles. The second-order valence-corrected chi connectivity index (χ2v) is 11.3. The summed E-state index contributed by atoms with van der Waals surface area (Å²) in [5.41, 5.74) is 0.129. The first kappa shape index (κ1) is 18.5. The molecule has 0 amide bonds. The van der Waals surface area contributed by atoms with Crippen LogP contribution in [0.5, 0.6) is 0 Å². The van der Waals surface area contributed by atoms with Gasteiger partial charge in [0.05, 0.1) is 6.10 Å². The van der Waals surface area contributed by atoms with E-state index < -0.39 is 5.60 Å². The lowest BCUT2D eigenvalue weighted by Gasteiger charge is -2.61. The summed E-state index contributed by atoms with van der Waals surface area (Å²) in [6.07, 6.45) is 14.0. The van der Waals surface area contributed by atoms with Crippen molar-refractivity contribution in [3.05, 3.63) is 0 Å². The summed E-state index contributed by atoms with van der Waals surface area (Å²) in [6, 6.07) is 0. The van der Waals surface area contributed by atoms with Crippen LogP contribution in [0.3, 0.4) is 0 Å². The zero-order chi connectivity index (χ0) is 18.9. The summed E-state index contributed by atoms with van der Waals surface area (Å²) in [5, 5.41) is 11.2. The Labute approximate surface area is 165 Å². The summed E-state index contributed by atoms with van der Waals surface area (Å²) < 4.78 is 5.93. The molecule has 1 N–H and O–H groups in total. The van der Waals surface area contributed by atoms with Crippen molar-refractivity contribution < 1.29 is 9.84 Å². The van der Waals surface area contributed by atoms with Crippen LogP contribution in [0.15, 0.2) is 0 Å². The standard InChI is InChI=1S/C25H38O2/c1-23-14-15-25(26,13-10-17-4-5-17)16-18(23)6-7-19-20-8-9-22(27-3)24(20,2)12-11-21(19)23/h17-22,26H,4-9,11-12,14-16H2,1-3H3/t18-,19+,20+,21+,22?,23+,24+,25-/m1/s1. The van der Waals surface area contributed by atoms with Gasteiger partial charge in [0, 0.05) is 13.0 Å². The molecule has 5 saturated carbocycles. The van der Waals surface area contributed by atoms with Crippen molar-refractivity contribution in [3.8, 4) is 11.8 Å². The fourth-order valence-corrected chi connectivity index (χ4v) is 8.16. The maximum atomic E-state index is 11.2. The minimum Gasteiger partial charge on any atom is -0.381 e. The van der Waals surface area contributed by atoms with Crippen LogP contribution in [0.25, 0.3) is 0 Å². The molecule has 0 radical (unpaired) electrons. The lowest BCUT2D eigenvalue weighted by atomic mass is 9.44. The van der Waals surface area contributed by atoms with E-state index in [0.29, 0.717) is 28.8 Å². The van der Waals surface area contributed by atoms with Crippen molar-refractivity contribution in [3.63, 3.8) is 0 Å². The maximum absolute atomic E-state index is 11.2. The van der Waals surface area contributed by atoms with Gasteiger partial charge in [-0.2, -0.15) is 0 Å². The summed E-state index contributed by atoms with van der Waals surface area (Å²) in [6.45, 7) is 5.10. The molecule has 0 bridgehead atoms. The van der Waals surface area contributed by atoms with E-state index in [1.807, 2.05) is 7.11 Å². The van der Waals surface area contributed by atoms with E-state index in [4.69, 9.17) is 4.74 Å². The zero-order valence-corrected chi connectivity index (χ0v) is 17.6. The quantitative estimate of drug-likeness (QED) is 0.644. The van der Waals surface area contributed by atoms with Gasteiger partial charge in [0.2, 0.25) is 0 Å². The van der Waals surface area contributed by atoms with E-state index in [2.05, 4.69) is 25.7 Å². The largest absolute Gasteiger partial charge is 0.381 e. The molecule has 0 aromatic rings. The number of rotatable bonds is 1. The molecule has 27 heavy (non-hydrogen) atoms. The van der Waals surface area contributed by atoms with Crippen molar-refractivity contribution in [2.45, 2.75) is 96.2 Å². The van der Waals surface area contributed by atoms with Gasteiger partial charge < -0.3 is 9.84 Å². The van der Waals surface area contributed by atoms with Crippen LogP contribution < -0.4 is 0 Å². The van der Waals surface area contributed by atoms with E-state index in [0.717, 1.165) is 30.6 Å². The first-order chi connectivity index (χ1) is 12.9. The van der Waals surface area contributed by atoms with E-state index in [9.17, 15) is 5.11 Å². The highest BCUT2D eigenvalue weighted by Gasteiger charge is 2.61. The van der Waals surface area contributed by atoms with Crippen LogP contribution in [0.4, 0.5) is 0 Å². The van der Waals surface area contributed by atoms with Gasteiger partial charge in [0.15, 0.2) is 0 Å². The lowest BCUT2D eigenvalue weighted by molar-refractivity contribution is -0.146. The fourth-order valence-electron chi connectivity index (χ4n) is 8.16. The van der Waals surface area contributed by atoms with Gasteiger partial charge in [-0.05, 0) is 105 Å². The topological polar surface area (TPSA) is 29.5 Å². The summed E-state index contributed by atoms with van der Waals surface area (Å²) in [5.74, 6) is 10.5. The number of aliphatic hydroxyl groups is 1. The SMILES string of the molecule is COC1CC[C@H]2[C@@H]3CC[C@@H]4C[C@@](O)(C#CC5CC5)CC[C@]4(C)[C@H]3CC[C@]12C. The molecule has 0 aromatic heterocycles. The Kier molecular flexibility index (Phi) is 4.27.